The summed E-state index contributed by atoms with van der Waals surface area (Å²) in [6, 6.07) is -5.46. The smallest absolute Gasteiger partial charge is 0.326 e. The second-order valence-electron chi connectivity index (χ2n) is 6.86. The third kappa shape index (κ3) is 11.0. The quantitative estimate of drug-likeness (QED) is 0.0865. The minimum Gasteiger partial charge on any atom is -0.481 e. The molecule has 31 heavy (non-hydrogen) atoms. The van der Waals surface area contributed by atoms with Gasteiger partial charge in [0.1, 0.15) is 18.1 Å². The van der Waals surface area contributed by atoms with Gasteiger partial charge in [-0.15, -0.1) is 0 Å². The topological polar surface area (TPSA) is 234 Å². The molecule has 0 saturated heterocycles. The summed E-state index contributed by atoms with van der Waals surface area (Å²) in [4.78, 5) is 58.9. The van der Waals surface area contributed by atoms with Crippen molar-refractivity contribution in [3.8, 4) is 0 Å². The van der Waals surface area contributed by atoms with E-state index < -0.39 is 66.4 Å². The molecule has 10 N–H and O–H groups in total. The Labute approximate surface area is 184 Å². The molecule has 0 rings (SSSR count). The molecule has 0 radical (unpaired) electrons. The Bertz CT molecular complexity index is 648. The number of carboxylic acid groups (broad SMARTS) is 2. The fourth-order valence-electron chi connectivity index (χ4n) is 2.42. The molecule has 3 amide bonds. The lowest BCUT2D eigenvalue weighted by molar-refractivity contribution is -0.142. The van der Waals surface area contributed by atoms with Crippen molar-refractivity contribution in [2.24, 2.45) is 11.5 Å². The molecule has 14 heteroatoms. The summed E-state index contributed by atoms with van der Waals surface area (Å²) in [7, 11) is 0. The largest absolute Gasteiger partial charge is 0.481 e. The number of carboxylic acids is 2. The highest BCUT2D eigenvalue weighted by Crippen LogP contribution is 2.03. The maximum absolute atomic E-state index is 12.5. The molecular weight excluding hydrogens is 434 g/mol. The SMILES string of the molecule is CC(O)C(NC(=O)C(N)CC(=O)O)C(=O)NC(CS)C(=O)NC(CCCCN)C(=O)O. The van der Waals surface area contributed by atoms with Crippen LogP contribution in [0.3, 0.4) is 0 Å². The highest BCUT2D eigenvalue weighted by molar-refractivity contribution is 7.80. The predicted octanol–water partition coefficient (Wildman–Crippen LogP) is -3.23. The first-order chi connectivity index (χ1) is 14.4. The summed E-state index contributed by atoms with van der Waals surface area (Å²) in [5.41, 5.74) is 10.8. The van der Waals surface area contributed by atoms with Crippen molar-refractivity contribution < 1.29 is 39.3 Å². The third-order valence-electron chi connectivity index (χ3n) is 4.17. The van der Waals surface area contributed by atoms with Crippen molar-refractivity contribution in [1.82, 2.24) is 16.0 Å². The Morgan fingerprint density at radius 3 is 1.97 bits per heavy atom. The number of nitrogens with one attached hydrogen (secondary N) is 3. The van der Waals surface area contributed by atoms with E-state index in [1.54, 1.807) is 0 Å². The van der Waals surface area contributed by atoms with Crippen molar-refractivity contribution in [3.63, 3.8) is 0 Å². The van der Waals surface area contributed by atoms with E-state index in [1.807, 2.05) is 0 Å². The molecule has 5 unspecified atom stereocenters. The number of aliphatic hydroxyl groups excluding tert-OH is 1. The van der Waals surface area contributed by atoms with Gasteiger partial charge < -0.3 is 42.7 Å². The van der Waals surface area contributed by atoms with E-state index in [9.17, 15) is 34.2 Å². The number of carbonyl (C=O) groups excluding carboxylic acids is 3. The van der Waals surface area contributed by atoms with Gasteiger partial charge in [0.2, 0.25) is 17.7 Å². The Hall–Kier alpha value is -2.42. The summed E-state index contributed by atoms with van der Waals surface area (Å²) in [6.07, 6.45) is -0.917. The number of hydrogen-bond acceptors (Lipinski definition) is 9. The van der Waals surface area contributed by atoms with Crippen LogP contribution in [0, 0.1) is 0 Å². The van der Waals surface area contributed by atoms with Gasteiger partial charge in [-0.05, 0) is 32.7 Å². The zero-order valence-electron chi connectivity index (χ0n) is 17.1. The van der Waals surface area contributed by atoms with Crippen LogP contribution in [-0.4, -0.2) is 87.5 Å². The van der Waals surface area contributed by atoms with Crippen LogP contribution in [-0.2, 0) is 24.0 Å². The Kier molecular flexibility index (Phi) is 13.4. The second-order valence-corrected chi connectivity index (χ2v) is 7.22. The van der Waals surface area contributed by atoms with E-state index in [2.05, 4.69) is 28.6 Å². The molecule has 0 aromatic rings. The van der Waals surface area contributed by atoms with Crippen molar-refractivity contribution in [3.05, 3.63) is 0 Å². The van der Waals surface area contributed by atoms with E-state index in [0.29, 0.717) is 19.4 Å². The van der Waals surface area contributed by atoms with Crippen LogP contribution in [0.4, 0.5) is 0 Å². The molecule has 0 aliphatic rings. The zero-order valence-corrected chi connectivity index (χ0v) is 18.0. The summed E-state index contributed by atoms with van der Waals surface area (Å²) < 4.78 is 0. The summed E-state index contributed by atoms with van der Waals surface area (Å²) in [6.45, 7) is 1.57. The van der Waals surface area contributed by atoms with E-state index in [4.69, 9.17) is 16.6 Å². The maximum Gasteiger partial charge on any atom is 0.326 e. The van der Waals surface area contributed by atoms with Crippen molar-refractivity contribution in [2.75, 3.05) is 12.3 Å². The van der Waals surface area contributed by atoms with E-state index in [1.165, 1.54) is 6.92 Å². The minimum atomic E-state index is -1.54. The third-order valence-corrected chi connectivity index (χ3v) is 4.54. The van der Waals surface area contributed by atoms with Gasteiger partial charge in [0.15, 0.2) is 0 Å². The monoisotopic (exact) mass is 465 g/mol. The Morgan fingerprint density at radius 2 is 1.52 bits per heavy atom. The molecule has 0 aromatic heterocycles. The number of thiol groups is 1. The van der Waals surface area contributed by atoms with Crippen molar-refractivity contribution in [2.45, 2.75) is 62.9 Å². The number of aliphatic hydroxyl groups is 1. The van der Waals surface area contributed by atoms with Crippen LogP contribution >= 0.6 is 12.6 Å². The molecule has 0 spiro atoms. The maximum atomic E-state index is 12.5. The lowest BCUT2D eigenvalue weighted by atomic mass is 10.1. The van der Waals surface area contributed by atoms with Crippen LogP contribution in [0.15, 0.2) is 0 Å². The van der Waals surface area contributed by atoms with Crippen molar-refractivity contribution >= 4 is 42.3 Å². The molecule has 5 atom stereocenters. The fourth-order valence-corrected chi connectivity index (χ4v) is 2.68. The normalized spacial score (nSPS) is 15.6. The fraction of sp³-hybridized carbons (Fsp3) is 0.706. The lowest BCUT2D eigenvalue weighted by Crippen LogP contribution is -2.60. The average Bonchev–Trinajstić information content (AvgIpc) is 2.67. The Morgan fingerprint density at radius 1 is 0.935 bits per heavy atom. The minimum absolute atomic E-state index is 0.138. The number of unbranched alkanes of at least 4 members (excludes halogenated alkanes) is 1. The van der Waals surface area contributed by atoms with E-state index >= 15 is 0 Å². The van der Waals surface area contributed by atoms with Gasteiger partial charge in [0.25, 0.3) is 0 Å². The number of rotatable bonds is 15. The van der Waals surface area contributed by atoms with E-state index in [0.717, 1.165) is 0 Å². The lowest BCUT2D eigenvalue weighted by Gasteiger charge is -2.25. The first kappa shape index (κ1) is 28.6. The highest BCUT2D eigenvalue weighted by atomic mass is 32.1. The first-order valence-corrected chi connectivity index (χ1v) is 10.2. The highest BCUT2D eigenvalue weighted by Gasteiger charge is 2.32. The number of amides is 3. The average molecular weight is 466 g/mol. The number of hydrogen-bond donors (Lipinski definition) is 9. The van der Waals surface area contributed by atoms with Gasteiger partial charge in [-0.2, -0.15) is 12.6 Å². The summed E-state index contributed by atoms with van der Waals surface area (Å²) in [5.74, 6) is -5.55. The molecule has 0 heterocycles. The molecular formula is C17H31N5O8S. The van der Waals surface area contributed by atoms with E-state index in [-0.39, 0.29) is 12.2 Å². The second kappa shape index (κ2) is 14.6. The predicted molar refractivity (Wildman–Crippen MR) is 112 cm³/mol. The van der Waals surface area contributed by atoms with Gasteiger partial charge in [0.05, 0.1) is 18.6 Å². The van der Waals surface area contributed by atoms with Gasteiger partial charge >= 0.3 is 11.9 Å². The summed E-state index contributed by atoms with van der Waals surface area (Å²) in [5, 5.41) is 34.5. The Balaban J connectivity index is 5.11. The number of aliphatic carboxylic acids is 2. The van der Waals surface area contributed by atoms with Crippen LogP contribution in [0.1, 0.15) is 32.6 Å². The molecule has 0 saturated carbocycles. The molecule has 178 valence electrons. The van der Waals surface area contributed by atoms with Gasteiger partial charge in [0, 0.05) is 5.75 Å². The van der Waals surface area contributed by atoms with Crippen LogP contribution in [0.5, 0.6) is 0 Å². The molecule has 0 fully saturated rings. The zero-order chi connectivity index (χ0) is 24.1. The van der Waals surface area contributed by atoms with Gasteiger partial charge in [-0.3, -0.25) is 19.2 Å². The number of carbonyl (C=O) groups is 5. The standard InChI is InChI=1S/C17H31N5O8S/c1-8(23)13(22-14(26)9(19)6-12(24)25)16(28)21-11(7-31)15(27)20-10(17(29)30)4-2-3-5-18/h8-11,13,23,31H,2-7,18-19H2,1H3,(H,20,27)(H,21,28)(H,22,26)(H,24,25)(H,29,30). The van der Waals surface area contributed by atoms with Crippen LogP contribution in [0.25, 0.3) is 0 Å². The number of nitrogens with two attached hydrogens (primary N) is 2. The molecule has 0 bridgehead atoms. The van der Waals surface area contributed by atoms with Crippen molar-refractivity contribution in [1.29, 1.82) is 0 Å². The molecule has 0 aliphatic heterocycles. The molecule has 13 nitrogen and oxygen atoms in total. The molecule has 0 aromatic carbocycles. The van der Waals surface area contributed by atoms with Gasteiger partial charge in [-0.1, -0.05) is 0 Å². The summed E-state index contributed by atoms with van der Waals surface area (Å²) >= 11 is 3.98. The first-order valence-electron chi connectivity index (χ1n) is 9.54. The van der Waals surface area contributed by atoms with Gasteiger partial charge in [-0.25, -0.2) is 4.79 Å². The van der Waals surface area contributed by atoms with Crippen LogP contribution < -0.4 is 27.4 Å². The van der Waals surface area contributed by atoms with Crippen LogP contribution in [0.2, 0.25) is 0 Å². The molecule has 0 aliphatic carbocycles.